The summed E-state index contributed by atoms with van der Waals surface area (Å²) in [5.41, 5.74) is 1.07. The van der Waals surface area contributed by atoms with Crippen molar-refractivity contribution in [2.75, 3.05) is 0 Å². The zero-order valence-electron chi connectivity index (χ0n) is 11.1. The second kappa shape index (κ2) is 6.19. The molecule has 0 atom stereocenters. The smallest absolute Gasteiger partial charge is 0.122 e. The summed E-state index contributed by atoms with van der Waals surface area (Å²) in [5, 5.41) is 38.6. The van der Waals surface area contributed by atoms with Crippen LogP contribution in [0.1, 0.15) is 24.0 Å². The SMILES string of the molecule is Oc1cccc(O)c1CCCCc1c(O)cccc1O. The summed E-state index contributed by atoms with van der Waals surface area (Å²) in [4.78, 5) is 0. The Balaban J connectivity index is 1.91. The van der Waals surface area contributed by atoms with Gasteiger partial charge in [0.15, 0.2) is 0 Å². The molecule has 4 nitrogen and oxygen atoms in total. The highest BCUT2D eigenvalue weighted by atomic mass is 16.3. The predicted octanol–water partition coefficient (Wildman–Crippen LogP) is 3.07. The topological polar surface area (TPSA) is 80.9 Å². The highest BCUT2D eigenvalue weighted by Crippen LogP contribution is 2.30. The molecule has 4 heteroatoms. The number of aromatic hydroxyl groups is 4. The van der Waals surface area contributed by atoms with E-state index in [0.29, 0.717) is 24.0 Å². The molecule has 0 aliphatic heterocycles. The fourth-order valence-corrected chi connectivity index (χ4v) is 2.24. The molecule has 4 N–H and O–H groups in total. The first-order valence-corrected chi connectivity index (χ1v) is 6.59. The third-order valence-corrected chi connectivity index (χ3v) is 3.36. The molecule has 20 heavy (non-hydrogen) atoms. The largest absolute Gasteiger partial charge is 0.508 e. The summed E-state index contributed by atoms with van der Waals surface area (Å²) in [5.74, 6) is 0.372. The van der Waals surface area contributed by atoms with E-state index in [4.69, 9.17) is 0 Å². The van der Waals surface area contributed by atoms with Gasteiger partial charge in [0, 0.05) is 11.1 Å². The van der Waals surface area contributed by atoms with Crippen molar-refractivity contribution in [2.24, 2.45) is 0 Å². The van der Waals surface area contributed by atoms with Gasteiger partial charge in [-0.2, -0.15) is 0 Å². The lowest BCUT2D eigenvalue weighted by Crippen LogP contribution is -1.91. The van der Waals surface area contributed by atoms with Crippen molar-refractivity contribution in [1.82, 2.24) is 0 Å². The van der Waals surface area contributed by atoms with Gasteiger partial charge in [-0.1, -0.05) is 12.1 Å². The Morgan fingerprint density at radius 3 is 1.15 bits per heavy atom. The zero-order valence-corrected chi connectivity index (χ0v) is 11.1. The molecule has 2 rings (SSSR count). The minimum Gasteiger partial charge on any atom is -0.508 e. The zero-order chi connectivity index (χ0) is 14.5. The maximum atomic E-state index is 9.66. The normalized spacial score (nSPS) is 10.6. The molecular formula is C16H18O4. The van der Waals surface area contributed by atoms with Crippen molar-refractivity contribution < 1.29 is 20.4 Å². The molecular weight excluding hydrogens is 256 g/mol. The van der Waals surface area contributed by atoms with E-state index in [0.717, 1.165) is 12.8 Å². The van der Waals surface area contributed by atoms with Crippen molar-refractivity contribution >= 4 is 0 Å². The van der Waals surface area contributed by atoms with Gasteiger partial charge in [0.05, 0.1) is 0 Å². The van der Waals surface area contributed by atoms with Crippen molar-refractivity contribution in [3.05, 3.63) is 47.5 Å². The Morgan fingerprint density at radius 2 is 0.850 bits per heavy atom. The Labute approximate surface area is 117 Å². The first kappa shape index (κ1) is 14.1. The van der Waals surface area contributed by atoms with Crippen LogP contribution in [0.25, 0.3) is 0 Å². The van der Waals surface area contributed by atoms with Crippen LogP contribution in [-0.4, -0.2) is 20.4 Å². The van der Waals surface area contributed by atoms with E-state index in [1.807, 2.05) is 0 Å². The molecule has 0 aliphatic rings. The van der Waals surface area contributed by atoms with Crippen LogP contribution in [-0.2, 0) is 12.8 Å². The first-order chi connectivity index (χ1) is 9.59. The molecule has 0 bridgehead atoms. The van der Waals surface area contributed by atoms with E-state index < -0.39 is 0 Å². The molecule has 0 amide bonds. The van der Waals surface area contributed by atoms with E-state index in [1.54, 1.807) is 36.4 Å². The second-order valence-electron chi connectivity index (χ2n) is 4.76. The Hall–Kier alpha value is -2.36. The third-order valence-electron chi connectivity index (χ3n) is 3.36. The van der Waals surface area contributed by atoms with E-state index in [2.05, 4.69) is 0 Å². The maximum Gasteiger partial charge on any atom is 0.122 e. The summed E-state index contributed by atoms with van der Waals surface area (Å²) < 4.78 is 0. The van der Waals surface area contributed by atoms with Crippen molar-refractivity contribution in [2.45, 2.75) is 25.7 Å². The van der Waals surface area contributed by atoms with Gasteiger partial charge in [0.25, 0.3) is 0 Å². The standard InChI is InChI=1S/C16H18O4/c17-13-7-3-8-14(18)11(13)5-1-2-6-12-15(19)9-4-10-16(12)20/h3-4,7-10,17-20H,1-2,5-6H2. The lowest BCUT2D eigenvalue weighted by atomic mass is 10.0. The fourth-order valence-electron chi connectivity index (χ4n) is 2.24. The molecule has 0 saturated carbocycles. The Morgan fingerprint density at radius 1 is 0.550 bits per heavy atom. The monoisotopic (exact) mass is 274 g/mol. The summed E-state index contributed by atoms with van der Waals surface area (Å²) in [6.45, 7) is 0. The highest BCUT2D eigenvalue weighted by molar-refractivity contribution is 5.44. The van der Waals surface area contributed by atoms with Gasteiger partial charge < -0.3 is 20.4 Å². The molecule has 2 aromatic carbocycles. The van der Waals surface area contributed by atoms with Gasteiger partial charge in [-0.25, -0.2) is 0 Å². The van der Waals surface area contributed by atoms with Crippen molar-refractivity contribution in [1.29, 1.82) is 0 Å². The fraction of sp³-hybridized carbons (Fsp3) is 0.250. The van der Waals surface area contributed by atoms with E-state index >= 15 is 0 Å². The minimum atomic E-state index is 0.0930. The minimum absolute atomic E-state index is 0.0930. The van der Waals surface area contributed by atoms with Crippen LogP contribution in [0.4, 0.5) is 0 Å². The van der Waals surface area contributed by atoms with Crippen LogP contribution in [0.5, 0.6) is 23.0 Å². The van der Waals surface area contributed by atoms with Crippen LogP contribution in [0, 0.1) is 0 Å². The molecule has 0 heterocycles. The summed E-state index contributed by atoms with van der Waals surface area (Å²) >= 11 is 0. The molecule has 0 unspecified atom stereocenters. The highest BCUT2D eigenvalue weighted by Gasteiger charge is 2.09. The van der Waals surface area contributed by atoms with Crippen LogP contribution in [0.15, 0.2) is 36.4 Å². The number of hydrogen-bond donors (Lipinski definition) is 4. The van der Waals surface area contributed by atoms with E-state index in [-0.39, 0.29) is 23.0 Å². The van der Waals surface area contributed by atoms with Crippen LogP contribution >= 0.6 is 0 Å². The lowest BCUT2D eigenvalue weighted by molar-refractivity contribution is 0.431. The molecule has 2 aromatic rings. The van der Waals surface area contributed by atoms with E-state index in [9.17, 15) is 20.4 Å². The molecule has 0 radical (unpaired) electrons. The van der Waals surface area contributed by atoms with Gasteiger partial charge >= 0.3 is 0 Å². The average Bonchev–Trinajstić information content (AvgIpc) is 2.40. The van der Waals surface area contributed by atoms with Crippen molar-refractivity contribution in [3.8, 4) is 23.0 Å². The van der Waals surface area contributed by atoms with E-state index in [1.165, 1.54) is 0 Å². The molecule has 0 saturated heterocycles. The third kappa shape index (κ3) is 3.15. The van der Waals surface area contributed by atoms with Crippen molar-refractivity contribution in [3.63, 3.8) is 0 Å². The molecule has 106 valence electrons. The first-order valence-electron chi connectivity index (χ1n) is 6.59. The predicted molar refractivity (Wildman–Crippen MR) is 76.2 cm³/mol. The summed E-state index contributed by atoms with van der Waals surface area (Å²) in [6.07, 6.45) is 2.57. The van der Waals surface area contributed by atoms with Gasteiger partial charge in [0.2, 0.25) is 0 Å². The lowest BCUT2D eigenvalue weighted by Gasteiger charge is -2.08. The number of benzene rings is 2. The number of phenols is 4. The quantitative estimate of drug-likeness (QED) is 0.632. The molecule has 0 aromatic heterocycles. The molecule has 0 fully saturated rings. The molecule has 0 spiro atoms. The summed E-state index contributed by atoms with van der Waals surface area (Å²) in [6, 6.07) is 9.37. The van der Waals surface area contributed by atoms with Crippen LogP contribution in [0.2, 0.25) is 0 Å². The van der Waals surface area contributed by atoms with Gasteiger partial charge in [0.1, 0.15) is 23.0 Å². The van der Waals surface area contributed by atoms with Crippen LogP contribution < -0.4 is 0 Å². The van der Waals surface area contributed by atoms with Crippen LogP contribution in [0.3, 0.4) is 0 Å². The summed E-state index contributed by atoms with van der Waals surface area (Å²) in [7, 11) is 0. The Kier molecular flexibility index (Phi) is 4.35. The van der Waals surface area contributed by atoms with Gasteiger partial charge in [-0.3, -0.25) is 0 Å². The molecule has 0 aliphatic carbocycles. The number of rotatable bonds is 5. The maximum absolute atomic E-state index is 9.66. The number of phenolic OH excluding ortho intramolecular Hbond substituents is 4. The van der Waals surface area contributed by atoms with Gasteiger partial charge in [-0.15, -0.1) is 0 Å². The number of unbranched alkanes of at least 4 members (excludes halogenated alkanes) is 1. The van der Waals surface area contributed by atoms with Gasteiger partial charge in [-0.05, 0) is 49.9 Å². The average molecular weight is 274 g/mol. The second-order valence-corrected chi connectivity index (χ2v) is 4.76. The Bertz CT molecular complexity index is 499. The number of hydrogen-bond acceptors (Lipinski definition) is 4.